The van der Waals surface area contributed by atoms with Gasteiger partial charge < -0.3 is 10.4 Å². The summed E-state index contributed by atoms with van der Waals surface area (Å²) in [6.07, 6.45) is 0.811. The molecule has 1 rings (SSSR count). The number of carbonyl (C=O) groups is 2. The Bertz CT molecular complexity index is 685. The van der Waals surface area contributed by atoms with Crippen molar-refractivity contribution < 1.29 is 23.1 Å². The van der Waals surface area contributed by atoms with Gasteiger partial charge in [0, 0.05) is 5.54 Å². The van der Waals surface area contributed by atoms with E-state index >= 15 is 0 Å². The minimum absolute atomic E-state index is 0.0767. The van der Waals surface area contributed by atoms with E-state index in [0.29, 0.717) is 12.8 Å². The van der Waals surface area contributed by atoms with Crippen LogP contribution in [0.15, 0.2) is 30.3 Å². The molecule has 0 spiro atoms. The van der Waals surface area contributed by atoms with Crippen molar-refractivity contribution >= 4 is 21.7 Å². The van der Waals surface area contributed by atoms with Crippen molar-refractivity contribution in [3.8, 4) is 0 Å². The zero-order valence-electron chi connectivity index (χ0n) is 15.0. The first-order valence-electron chi connectivity index (χ1n) is 8.31. The van der Waals surface area contributed by atoms with Gasteiger partial charge in [-0.1, -0.05) is 44.2 Å². The molecule has 7 heteroatoms. The quantitative estimate of drug-likeness (QED) is 0.657. The maximum atomic E-state index is 12.1. The Hall–Kier alpha value is -1.89. The maximum absolute atomic E-state index is 12.1. The molecule has 0 saturated heterocycles. The number of aliphatic carboxylic acids is 1. The van der Waals surface area contributed by atoms with E-state index in [2.05, 4.69) is 5.32 Å². The standard InChI is InChI=1S/C18H27NO5S/c1-14(2)18(3,12-17(21)22)19-16(20)13-25(23,24)11-7-10-15-8-5-4-6-9-15/h4-6,8-9,14H,7,10-13H2,1-3H3,(H,19,20)(H,21,22). The number of sulfone groups is 1. The molecule has 0 saturated carbocycles. The number of hydrogen-bond acceptors (Lipinski definition) is 4. The number of amides is 1. The zero-order valence-corrected chi connectivity index (χ0v) is 15.8. The number of carboxylic acids is 1. The summed E-state index contributed by atoms with van der Waals surface area (Å²) < 4.78 is 24.3. The lowest BCUT2D eigenvalue weighted by molar-refractivity contribution is -0.139. The van der Waals surface area contributed by atoms with Crippen molar-refractivity contribution in [2.75, 3.05) is 11.5 Å². The molecule has 25 heavy (non-hydrogen) atoms. The summed E-state index contributed by atoms with van der Waals surface area (Å²) >= 11 is 0. The van der Waals surface area contributed by atoms with Crippen LogP contribution in [0.3, 0.4) is 0 Å². The fraction of sp³-hybridized carbons (Fsp3) is 0.556. The van der Waals surface area contributed by atoms with E-state index in [-0.39, 0.29) is 18.1 Å². The Morgan fingerprint density at radius 3 is 2.32 bits per heavy atom. The van der Waals surface area contributed by atoms with Gasteiger partial charge in [0.2, 0.25) is 5.91 Å². The van der Waals surface area contributed by atoms with Crippen LogP contribution >= 0.6 is 0 Å². The molecule has 0 aliphatic carbocycles. The molecule has 140 valence electrons. The van der Waals surface area contributed by atoms with Gasteiger partial charge in [-0.25, -0.2) is 8.42 Å². The highest BCUT2D eigenvalue weighted by atomic mass is 32.2. The fourth-order valence-electron chi connectivity index (χ4n) is 2.47. The van der Waals surface area contributed by atoms with Gasteiger partial charge in [-0.3, -0.25) is 9.59 Å². The molecule has 0 radical (unpaired) electrons. The van der Waals surface area contributed by atoms with E-state index in [4.69, 9.17) is 5.11 Å². The number of nitrogens with one attached hydrogen (secondary N) is 1. The van der Waals surface area contributed by atoms with Gasteiger partial charge in [0.05, 0.1) is 12.2 Å². The summed E-state index contributed by atoms with van der Waals surface area (Å²) in [6.45, 7) is 5.20. The molecule has 0 aliphatic heterocycles. The van der Waals surface area contributed by atoms with Crippen molar-refractivity contribution in [3.63, 3.8) is 0 Å². The van der Waals surface area contributed by atoms with Crippen molar-refractivity contribution in [3.05, 3.63) is 35.9 Å². The monoisotopic (exact) mass is 369 g/mol. The Kier molecular flexibility index (Phi) is 7.60. The van der Waals surface area contributed by atoms with Gasteiger partial charge in [0.15, 0.2) is 9.84 Å². The normalized spacial score (nSPS) is 14.1. The minimum Gasteiger partial charge on any atom is -0.481 e. The Morgan fingerprint density at radius 2 is 1.80 bits per heavy atom. The molecule has 1 aromatic carbocycles. The smallest absolute Gasteiger partial charge is 0.305 e. The van der Waals surface area contributed by atoms with Gasteiger partial charge in [-0.2, -0.15) is 0 Å². The largest absolute Gasteiger partial charge is 0.481 e. The summed E-state index contributed by atoms with van der Waals surface area (Å²) in [5.74, 6) is -2.54. The van der Waals surface area contributed by atoms with Crippen LogP contribution in [-0.2, 0) is 25.8 Å². The first-order valence-corrected chi connectivity index (χ1v) is 10.1. The summed E-state index contributed by atoms with van der Waals surface area (Å²) in [4.78, 5) is 23.1. The van der Waals surface area contributed by atoms with Crippen LogP contribution in [-0.4, -0.2) is 42.4 Å². The predicted octanol–water partition coefficient (Wildman–Crippen LogP) is 2.04. The summed E-state index contributed by atoms with van der Waals surface area (Å²) in [5, 5.41) is 11.6. The molecule has 0 aliphatic rings. The molecular weight excluding hydrogens is 342 g/mol. The summed E-state index contributed by atoms with van der Waals surface area (Å²) in [5.41, 5.74) is 0.0682. The van der Waals surface area contributed by atoms with Gasteiger partial charge in [-0.05, 0) is 31.2 Å². The second-order valence-electron chi connectivity index (χ2n) is 6.87. The molecule has 0 fully saturated rings. The zero-order chi connectivity index (χ0) is 19.1. The third-order valence-electron chi connectivity index (χ3n) is 4.33. The van der Waals surface area contributed by atoms with Gasteiger partial charge in [0.1, 0.15) is 5.75 Å². The van der Waals surface area contributed by atoms with Crippen LogP contribution in [0, 0.1) is 5.92 Å². The highest BCUT2D eigenvalue weighted by Gasteiger charge is 2.33. The Morgan fingerprint density at radius 1 is 1.20 bits per heavy atom. The van der Waals surface area contributed by atoms with Crippen LogP contribution in [0.1, 0.15) is 39.2 Å². The number of aryl methyl sites for hydroxylation is 1. The van der Waals surface area contributed by atoms with Crippen LogP contribution < -0.4 is 5.32 Å². The maximum Gasteiger partial charge on any atom is 0.305 e. The lowest BCUT2D eigenvalue weighted by Crippen LogP contribution is -2.52. The summed E-state index contributed by atoms with van der Waals surface area (Å²) in [6, 6.07) is 9.55. The number of rotatable bonds is 10. The van der Waals surface area contributed by atoms with E-state index in [9.17, 15) is 18.0 Å². The average molecular weight is 369 g/mol. The molecule has 1 aromatic rings. The van der Waals surface area contributed by atoms with Crippen LogP contribution in [0.5, 0.6) is 0 Å². The molecule has 0 heterocycles. The average Bonchev–Trinajstić information content (AvgIpc) is 2.46. The van der Waals surface area contributed by atoms with Crippen LogP contribution in [0.4, 0.5) is 0 Å². The molecule has 0 aromatic heterocycles. The number of carboxylic acid groups (broad SMARTS) is 1. The van der Waals surface area contributed by atoms with E-state index < -0.39 is 33.0 Å². The first-order chi connectivity index (χ1) is 11.5. The molecule has 1 amide bonds. The fourth-order valence-corrected chi connectivity index (χ4v) is 3.67. The lowest BCUT2D eigenvalue weighted by Gasteiger charge is -2.33. The second kappa shape index (κ2) is 8.99. The molecule has 2 N–H and O–H groups in total. The number of hydrogen-bond donors (Lipinski definition) is 2. The molecule has 1 atom stereocenters. The Labute approximate surface area is 149 Å². The number of carbonyl (C=O) groups excluding carboxylic acids is 1. The SMILES string of the molecule is CC(C)C(C)(CC(=O)O)NC(=O)CS(=O)(=O)CCCc1ccccc1. The van der Waals surface area contributed by atoms with Crippen molar-refractivity contribution in [1.82, 2.24) is 5.32 Å². The topological polar surface area (TPSA) is 101 Å². The van der Waals surface area contributed by atoms with Gasteiger partial charge in [0.25, 0.3) is 0 Å². The third-order valence-corrected chi connectivity index (χ3v) is 5.95. The van der Waals surface area contributed by atoms with Crippen LogP contribution in [0.25, 0.3) is 0 Å². The van der Waals surface area contributed by atoms with E-state index in [0.717, 1.165) is 5.56 Å². The predicted molar refractivity (Wildman–Crippen MR) is 97.1 cm³/mol. The van der Waals surface area contributed by atoms with Crippen molar-refractivity contribution in [2.45, 2.75) is 45.6 Å². The van der Waals surface area contributed by atoms with Crippen molar-refractivity contribution in [2.24, 2.45) is 5.92 Å². The second-order valence-corrected chi connectivity index (χ2v) is 9.06. The first kappa shape index (κ1) is 21.2. The van der Waals surface area contributed by atoms with Gasteiger partial charge in [-0.15, -0.1) is 0 Å². The summed E-state index contributed by atoms with van der Waals surface area (Å²) in [7, 11) is -3.54. The Balaban J connectivity index is 2.57. The van der Waals surface area contributed by atoms with Crippen LogP contribution in [0.2, 0.25) is 0 Å². The number of benzene rings is 1. The molecule has 6 nitrogen and oxygen atoms in total. The van der Waals surface area contributed by atoms with Crippen molar-refractivity contribution in [1.29, 1.82) is 0 Å². The highest BCUT2D eigenvalue weighted by molar-refractivity contribution is 7.92. The molecule has 0 bridgehead atoms. The van der Waals surface area contributed by atoms with E-state index in [1.165, 1.54) is 0 Å². The highest BCUT2D eigenvalue weighted by Crippen LogP contribution is 2.20. The third kappa shape index (κ3) is 7.69. The van der Waals surface area contributed by atoms with E-state index in [1.807, 2.05) is 30.3 Å². The molecular formula is C18H27NO5S. The van der Waals surface area contributed by atoms with E-state index in [1.54, 1.807) is 20.8 Å². The molecule has 1 unspecified atom stereocenters. The minimum atomic E-state index is -3.54. The lowest BCUT2D eigenvalue weighted by atomic mass is 9.85. The van der Waals surface area contributed by atoms with Gasteiger partial charge >= 0.3 is 5.97 Å².